The molecule has 0 amide bonds. The Hall–Kier alpha value is -1.36. The molecule has 21 heteroatoms. The first-order chi connectivity index (χ1) is 17.7. The molecule has 1 saturated carbocycles. The first-order valence-corrected chi connectivity index (χ1v) is 15.9. The van der Waals surface area contributed by atoms with E-state index >= 15 is 0 Å². The van der Waals surface area contributed by atoms with Crippen LogP contribution in [0.1, 0.15) is 44.2 Å². The minimum absolute atomic E-state index is 0.0544. The predicted octanol–water partition coefficient (Wildman–Crippen LogP) is 1.11. The summed E-state index contributed by atoms with van der Waals surface area (Å²) in [4.78, 5) is 60.0. The number of fused-ring (bicyclic) bond motifs is 2. The molecule has 2 saturated heterocycles. The van der Waals surface area contributed by atoms with Crippen molar-refractivity contribution in [1.82, 2.24) is 19.5 Å². The Balaban J connectivity index is 1.39. The van der Waals surface area contributed by atoms with Crippen molar-refractivity contribution in [3.63, 3.8) is 0 Å². The molecule has 0 radical (unpaired) electrons. The van der Waals surface area contributed by atoms with Crippen LogP contribution in [0.15, 0.2) is 11.1 Å². The molecular formula is C17H25N4O14P3. The Morgan fingerprint density at radius 3 is 2.45 bits per heavy atom. The fourth-order valence-electron chi connectivity index (χ4n) is 4.88. The monoisotopic (exact) mass is 602 g/mol. The summed E-state index contributed by atoms with van der Waals surface area (Å²) in [6.45, 7) is 0.870. The minimum Gasteiger partial charge on any atom is -0.347 e. The highest BCUT2D eigenvalue weighted by Gasteiger charge is 2.59. The molecule has 0 bridgehead atoms. The number of phosphoric acid groups is 3. The molecule has 3 fully saturated rings. The number of rotatable bonds is 8. The lowest BCUT2D eigenvalue weighted by molar-refractivity contribution is -0.232. The van der Waals surface area contributed by atoms with Crippen molar-refractivity contribution < 1.29 is 60.6 Å². The molecule has 212 valence electrons. The van der Waals surface area contributed by atoms with Gasteiger partial charge in [-0.05, 0) is 19.8 Å². The lowest BCUT2D eigenvalue weighted by Gasteiger charge is -2.34. The summed E-state index contributed by atoms with van der Waals surface area (Å²) in [6.07, 6.45) is 1.57. The number of hydrogen-bond donors (Lipinski definition) is 5. The van der Waals surface area contributed by atoms with Crippen molar-refractivity contribution in [3.8, 4) is 0 Å². The van der Waals surface area contributed by atoms with Gasteiger partial charge in [0.25, 0.3) is 5.56 Å². The highest BCUT2D eigenvalue weighted by atomic mass is 31.3. The van der Waals surface area contributed by atoms with E-state index in [2.05, 4.69) is 23.6 Å². The lowest BCUT2D eigenvalue weighted by Crippen LogP contribution is -2.37. The number of H-pyrrole nitrogens is 1. The maximum atomic E-state index is 12.3. The van der Waals surface area contributed by atoms with Gasteiger partial charge in [-0.3, -0.25) is 13.9 Å². The Kier molecular flexibility index (Phi) is 7.36. The summed E-state index contributed by atoms with van der Waals surface area (Å²) in [5.41, 5.74) is -0.201. The van der Waals surface area contributed by atoms with E-state index in [1.807, 2.05) is 0 Å². The summed E-state index contributed by atoms with van der Waals surface area (Å²) in [6, 6.07) is 0. The topological polar surface area (TPSA) is 251 Å². The predicted molar refractivity (Wildman–Crippen MR) is 122 cm³/mol. The van der Waals surface area contributed by atoms with Crippen LogP contribution in [0.3, 0.4) is 0 Å². The summed E-state index contributed by atoms with van der Waals surface area (Å²) < 4.78 is 67.2. The molecule has 6 atom stereocenters. The number of aromatic amines is 1. The zero-order valence-electron chi connectivity index (χ0n) is 19.7. The van der Waals surface area contributed by atoms with Gasteiger partial charge in [-0.1, -0.05) is 6.42 Å². The molecule has 5 rings (SSSR count). The van der Waals surface area contributed by atoms with Crippen LogP contribution < -0.4 is 5.56 Å². The third kappa shape index (κ3) is 5.88. The van der Waals surface area contributed by atoms with Gasteiger partial charge < -0.3 is 38.8 Å². The molecule has 3 unspecified atom stereocenters. The zero-order chi connectivity index (χ0) is 27.5. The van der Waals surface area contributed by atoms with Crippen LogP contribution in [0.4, 0.5) is 0 Å². The Labute approximate surface area is 213 Å². The molecule has 2 aromatic rings. The van der Waals surface area contributed by atoms with Crippen LogP contribution >= 0.6 is 23.5 Å². The van der Waals surface area contributed by atoms with Crippen LogP contribution in [0.25, 0.3) is 11.2 Å². The van der Waals surface area contributed by atoms with E-state index in [1.54, 1.807) is 6.92 Å². The summed E-state index contributed by atoms with van der Waals surface area (Å²) in [5, 5.41) is 0. The molecule has 18 nitrogen and oxygen atoms in total. The largest absolute Gasteiger partial charge is 0.490 e. The number of nitrogens with zero attached hydrogens (tertiary/aromatic N) is 3. The van der Waals surface area contributed by atoms with Crippen LogP contribution in [-0.2, 0) is 41.1 Å². The molecular weight excluding hydrogens is 577 g/mol. The first-order valence-electron chi connectivity index (χ1n) is 11.4. The first kappa shape index (κ1) is 28.2. The molecule has 2 aromatic heterocycles. The average Bonchev–Trinajstić information content (AvgIpc) is 3.42. The van der Waals surface area contributed by atoms with Gasteiger partial charge in [0.15, 0.2) is 23.2 Å². The fourth-order valence-corrected chi connectivity index (χ4v) is 7.91. The maximum Gasteiger partial charge on any atom is 0.490 e. The SMILES string of the molecule is Cc1nc2c(ncn2[C@@H]2O[C@H](COP(=O)(O)OP(=O)(O)OP(=O)(O)O)C3OC4(CCCCC4)O[C@@H]32)c(=O)[nH]1. The number of ether oxygens (including phenoxy) is 3. The van der Waals surface area contributed by atoms with Gasteiger partial charge in [0.1, 0.15) is 24.1 Å². The molecule has 2 aliphatic heterocycles. The van der Waals surface area contributed by atoms with Crippen LogP contribution in [-0.4, -0.2) is 69.8 Å². The van der Waals surface area contributed by atoms with Crippen molar-refractivity contribution in [3.05, 3.63) is 22.5 Å². The summed E-state index contributed by atoms with van der Waals surface area (Å²) in [7, 11) is -16.6. The van der Waals surface area contributed by atoms with Crippen LogP contribution in [0.2, 0.25) is 0 Å². The van der Waals surface area contributed by atoms with Crippen molar-refractivity contribution >= 4 is 34.6 Å². The Morgan fingerprint density at radius 1 is 1.08 bits per heavy atom. The number of nitrogens with one attached hydrogen (secondary N) is 1. The second kappa shape index (κ2) is 9.93. The molecule has 5 N–H and O–H groups in total. The van der Waals surface area contributed by atoms with Gasteiger partial charge in [0, 0.05) is 12.8 Å². The lowest BCUT2D eigenvalue weighted by atomic mass is 9.94. The standard InChI is InChI=1S/C17H25N4O14P3/c1-9-19-14-11(15(22)20-9)18-8-21(14)16-13-12(32-17(33-13)5-3-2-4-6-17)10(31-16)7-30-37(26,27)35-38(28,29)34-36(23,24)25/h8,10,12-13,16H,2-7H2,1H3,(H,26,27)(H,28,29)(H,19,20,22)(H2,23,24,25)/t10-,12?,13+,16-/m1/s1. The molecule has 4 heterocycles. The molecule has 0 aromatic carbocycles. The highest BCUT2D eigenvalue weighted by Crippen LogP contribution is 2.66. The number of hydrogen-bond acceptors (Lipinski definition) is 12. The average molecular weight is 602 g/mol. The van der Waals surface area contributed by atoms with Crippen molar-refractivity contribution in [2.24, 2.45) is 0 Å². The highest BCUT2D eigenvalue weighted by molar-refractivity contribution is 7.66. The van der Waals surface area contributed by atoms with E-state index in [1.165, 1.54) is 10.9 Å². The number of aryl methyl sites for hydroxylation is 1. The molecule has 1 aliphatic carbocycles. The van der Waals surface area contributed by atoms with Gasteiger partial charge in [-0.25, -0.2) is 23.7 Å². The quantitative estimate of drug-likeness (QED) is 0.265. The molecule has 1 spiro atoms. The van der Waals surface area contributed by atoms with E-state index in [0.29, 0.717) is 18.7 Å². The Morgan fingerprint density at radius 2 is 1.76 bits per heavy atom. The van der Waals surface area contributed by atoms with Gasteiger partial charge in [-0.15, -0.1) is 0 Å². The van der Waals surface area contributed by atoms with Crippen molar-refractivity contribution in [2.45, 2.75) is 69.4 Å². The minimum atomic E-state index is -5.69. The summed E-state index contributed by atoms with van der Waals surface area (Å²) >= 11 is 0. The van der Waals surface area contributed by atoms with E-state index in [4.69, 9.17) is 28.5 Å². The zero-order valence-corrected chi connectivity index (χ0v) is 22.4. The van der Waals surface area contributed by atoms with Gasteiger partial charge in [-0.2, -0.15) is 8.62 Å². The van der Waals surface area contributed by atoms with Crippen LogP contribution in [0, 0.1) is 6.92 Å². The third-order valence-corrected chi connectivity index (χ3v) is 10.0. The van der Waals surface area contributed by atoms with E-state index in [9.17, 15) is 28.3 Å². The van der Waals surface area contributed by atoms with Crippen molar-refractivity contribution in [2.75, 3.05) is 6.61 Å². The number of imidazole rings is 1. The second-order valence-corrected chi connectivity index (χ2v) is 13.5. The fraction of sp³-hybridized carbons (Fsp3) is 0.706. The van der Waals surface area contributed by atoms with E-state index in [0.717, 1.165) is 19.3 Å². The Bertz CT molecular complexity index is 1420. The van der Waals surface area contributed by atoms with Gasteiger partial charge in [0.05, 0.1) is 12.9 Å². The third-order valence-electron chi connectivity index (χ3n) is 6.25. The second-order valence-electron chi connectivity index (χ2n) is 9.06. The van der Waals surface area contributed by atoms with Gasteiger partial charge >= 0.3 is 23.5 Å². The number of aromatic nitrogens is 4. The molecule has 3 aliphatic rings. The van der Waals surface area contributed by atoms with Crippen molar-refractivity contribution in [1.29, 1.82) is 0 Å². The van der Waals surface area contributed by atoms with E-state index in [-0.39, 0.29) is 11.2 Å². The maximum absolute atomic E-state index is 12.3. The number of phosphoric ester groups is 1. The van der Waals surface area contributed by atoms with E-state index < -0.39 is 66.0 Å². The molecule has 38 heavy (non-hydrogen) atoms. The van der Waals surface area contributed by atoms with Gasteiger partial charge in [0.2, 0.25) is 0 Å². The summed E-state index contributed by atoms with van der Waals surface area (Å²) in [5.74, 6) is -0.599. The van der Waals surface area contributed by atoms with Crippen LogP contribution in [0.5, 0.6) is 0 Å². The smallest absolute Gasteiger partial charge is 0.347 e. The normalized spacial score (nSPS) is 30.3.